The van der Waals surface area contributed by atoms with Crippen LogP contribution in [0.2, 0.25) is 0 Å². The monoisotopic (exact) mass is 433 g/mol. The summed E-state index contributed by atoms with van der Waals surface area (Å²) >= 11 is 3.53. The van der Waals surface area contributed by atoms with E-state index in [0.29, 0.717) is 18.2 Å². The summed E-state index contributed by atoms with van der Waals surface area (Å²) in [7, 11) is 0. The number of hydrogen-bond donors (Lipinski definition) is 1. The normalized spacial score (nSPS) is 11.9. The molecular formula is C22H28BrNO3. The van der Waals surface area contributed by atoms with Gasteiger partial charge in [-0.05, 0) is 77.5 Å². The first-order valence-corrected chi connectivity index (χ1v) is 10.1. The zero-order chi connectivity index (χ0) is 19.8. The molecule has 0 aliphatic heterocycles. The number of carbonyl (C=O) groups is 1. The Morgan fingerprint density at radius 1 is 1.11 bits per heavy atom. The van der Waals surface area contributed by atoms with Crippen molar-refractivity contribution in [1.82, 2.24) is 5.32 Å². The molecule has 0 bridgehead atoms. The van der Waals surface area contributed by atoms with E-state index in [1.807, 2.05) is 50.2 Å². The first-order chi connectivity index (χ1) is 12.9. The molecule has 5 heteroatoms. The van der Waals surface area contributed by atoms with E-state index in [-0.39, 0.29) is 18.6 Å². The van der Waals surface area contributed by atoms with E-state index in [1.165, 1.54) is 5.56 Å². The Labute approximate surface area is 170 Å². The smallest absolute Gasteiger partial charge is 0.258 e. The minimum absolute atomic E-state index is 0.0180. The fourth-order valence-corrected chi connectivity index (χ4v) is 3.04. The molecule has 1 atom stereocenters. The Hall–Kier alpha value is -2.01. The highest BCUT2D eigenvalue weighted by atomic mass is 79.9. The van der Waals surface area contributed by atoms with Crippen molar-refractivity contribution in [3.05, 3.63) is 58.1 Å². The Bertz CT molecular complexity index is 744. The number of hydrogen-bond acceptors (Lipinski definition) is 3. The van der Waals surface area contributed by atoms with Gasteiger partial charge in [-0.1, -0.05) is 32.0 Å². The highest BCUT2D eigenvalue weighted by Gasteiger charge is 2.09. The van der Waals surface area contributed by atoms with E-state index in [9.17, 15) is 4.79 Å². The van der Waals surface area contributed by atoms with E-state index < -0.39 is 0 Å². The standard InChI is InChI=1S/C22H28BrNO3/c1-5-16(4)18-8-11-21(20(23)12-18)26-14-22(25)24-13-17-6-9-19(10-7-17)27-15(2)3/h6-12,15-16H,5,13-14H2,1-4H3,(H,24,25). The molecule has 4 nitrogen and oxygen atoms in total. The average Bonchev–Trinajstić information content (AvgIpc) is 2.65. The predicted molar refractivity (Wildman–Crippen MR) is 112 cm³/mol. The third kappa shape index (κ3) is 6.90. The van der Waals surface area contributed by atoms with Crippen LogP contribution in [0.25, 0.3) is 0 Å². The minimum Gasteiger partial charge on any atom is -0.491 e. The minimum atomic E-state index is -0.157. The molecule has 0 radical (unpaired) electrons. The third-order valence-corrected chi connectivity index (χ3v) is 4.90. The van der Waals surface area contributed by atoms with Crippen LogP contribution in [0.1, 0.15) is 51.2 Å². The van der Waals surface area contributed by atoms with Gasteiger partial charge in [-0.3, -0.25) is 4.79 Å². The van der Waals surface area contributed by atoms with E-state index >= 15 is 0 Å². The maximum Gasteiger partial charge on any atom is 0.258 e. The lowest BCUT2D eigenvalue weighted by Gasteiger charge is -2.13. The number of halogens is 1. The summed E-state index contributed by atoms with van der Waals surface area (Å²) in [6, 6.07) is 13.7. The van der Waals surface area contributed by atoms with Crippen LogP contribution in [-0.2, 0) is 11.3 Å². The van der Waals surface area contributed by atoms with Gasteiger partial charge in [0, 0.05) is 6.54 Å². The van der Waals surface area contributed by atoms with Crippen molar-refractivity contribution in [2.75, 3.05) is 6.61 Å². The summed E-state index contributed by atoms with van der Waals surface area (Å²) in [4.78, 5) is 12.1. The molecule has 0 aliphatic rings. The SMILES string of the molecule is CCC(C)c1ccc(OCC(=O)NCc2ccc(OC(C)C)cc2)c(Br)c1. The molecular weight excluding hydrogens is 406 g/mol. The van der Waals surface area contributed by atoms with Crippen LogP contribution in [0.5, 0.6) is 11.5 Å². The van der Waals surface area contributed by atoms with Crippen molar-refractivity contribution in [3.8, 4) is 11.5 Å². The van der Waals surface area contributed by atoms with E-state index in [0.717, 1.165) is 22.2 Å². The average molecular weight is 434 g/mol. The summed E-state index contributed by atoms with van der Waals surface area (Å²) in [6.07, 6.45) is 1.23. The van der Waals surface area contributed by atoms with Crippen molar-refractivity contribution >= 4 is 21.8 Å². The molecule has 27 heavy (non-hydrogen) atoms. The van der Waals surface area contributed by atoms with Crippen LogP contribution in [0.15, 0.2) is 46.9 Å². The van der Waals surface area contributed by atoms with Crippen LogP contribution >= 0.6 is 15.9 Å². The Morgan fingerprint density at radius 2 is 1.81 bits per heavy atom. The number of rotatable bonds is 9. The summed E-state index contributed by atoms with van der Waals surface area (Å²) in [5, 5.41) is 2.87. The molecule has 146 valence electrons. The third-order valence-electron chi connectivity index (χ3n) is 4.28. The largest absolute Gasteiger partial charge is 0.491 e. The van der Waals surface area contributed by atoms with Gasteiger partial charge in [-0.2, -0.15) is 0 Å². The summed E-state index contributed by atoms with van der Waals surface area (Å²) < 4.78 is 12.1. The highest BCUT2D eigenvalue weighted by Crippen LogP contribution is 2.30. The van der Waals surface area contributed by atoms with E-state index in [1.54, 1.807) is 0 Å². The lowest BCUT2D eigenvalue weighted by atomic mass is 9.99. The van der Waals surface area contributed by atoms with Crippen LogP contribution < -0.4 is 14.8 Å². The zero-order valence-electron chi connectivity index (χ0n) is 16.4. The quantitative estimate of drug-likeness (QED) is 0.571. The summed E-state index contributed by atoms with van der Waals surface area (Å²) in [5.41, 5.74) is 2.27. The second kappa shape index (κ2) is 10.4. The van der Waals surface area contributed by atoms with Crippen molar-refractivity contribution in [2.45, 2.75) is 52.7 Å². The molecule has 0 saturated heterocycles. The lowest BCUT2D eigenvalue weighted by molar-refractivity contribution is -0.123. The number of ether oxygens (including phenoxy) is 2. The van der Waals surface area contributed by atoms with Gasteiger partial charge in [0.2, 0.25) is 0 Å². The first-order valence-electron chi connectivity index (χ1n) is 9.33. The molecule has 0 aliphatic carbocycles. The van der Waals surface area contributed by atoms with Crippen LogP contribution in [0.3, 0.4) is 0 Å². The van der Waals surface area contributed by atoms with Gasteiger partial charge < -0.3 is 14.8 Å². The van der Waals surface area contributed by atoms with Gasteiger partial charge in [-0.25, -0.2) is 0 Å². The van der Waals surface area contributed by atoms with Gasteiger partial charge in [0.1, 0.15) is 11.5 Å². The Kier molecular flexibility index (Phi) is 8.17. The number of carbonyl (C=O) groups excluding carboxylic acids is 1. The van der Waals surface area contributed by atoms with Crippen LogP contribution in [-0.4, -0.2) is 18.6 Å². The fourth-order valence-electron chi connectivity index (χ4n) is 2.53. The topological polar surface area (TPSA) is 47.6 Å². The second-order valence-electron chi connectivity index (χ2n) is 6.88. The molecule has 0 spiro atoms. The van der Waals surface area contributed by atoms with Crippen LogP contribution in [0.4, 0.5) is 0 Å². The maximum atomic E-state index is 12.1. The molecule has 0 saturated carbocycles. The molecule has 2 aromatic carbocycles. The van der Waals surface area contributed by atoms with Gasteiger partial charge in [0.25, 0.3) is 5.91 Å². The second-order valence-corrected chi connectivity index (χ2v) is 7.73. The van der Waals surface area contributed by atoms with Crippen molar-refractivity contribution < 1.29 is 14.3 Å². The maximum absolute atomic E-state index is 12.1. The van der Waals surface area contributed by atoms with Crippen molar-refractivity contribution in [3.63, 3.8) is 0 Å². The van der Waals surface area contributed by atoms with Gasteiger partial charge in [-0.15, -0.1) is 0 Å². The van der Waals surface area contributed by atoms with Gasteiger partial charge >= 0.3 is 0 Å². The number of benzene rings is 2. The number of nitrogens with one attached hydrogen (secondary N) is 1. The molecule has 0 fully saturated rings. The molecule has 1 amide bonds. The van der Waals surface area contributed by atoms with Crippen molar-refractivity contribution in [1.29, 1.82) is 0 Å². The van der Waals surface area contributed by atoms with Crippen LogP contribution in [0, 0.1) is 0 Å². The van der Waals surface area contributed by atoms with Gasteiger partial charge in [0.05, 0.1) is 10.6 Å². The highest BCUT2D eigenvalue weighted by molar-refractivity contribution is 9.10. The van der Waals surface area contributed by atoms with Crippen molar-refractivity contribution in [2.24, 2.45) is 0 Å². The first kappa shape index (κ1) is 21.3. The van der Waals surface area contributed by atoms with E-state index in [2.05, 4.69) is 41.2 Å². The van der Waals surface area contributed by atoms with E-state index in [4.69, 9.17) is 9.47 Å². The molecule has 1 N–H and O–H groups in total. The Balaban J connectivity index is 1.81. The number of amides is 1. The zero-order valence-corrected chi connectivity index (χ0v) is 18.0. The van der Waals surface area contributed by atoms with Gasteiger partial charge in [0.15, 0.2) is 6.61 Å². The molecule has 1 unspecified atom stereocenters. The summed E-state index contributed by atoms with van der Waals surface area (Å²) in [5.74, 6) is 1.84. The predicted octanol–water partition coefficient (Wildman–Crippen LogP) is 5.45. The molecule has 2 rings (SSSR count). The summed E-state index contributed by atoms with van der Waals surface area (Å²) in [6.45, 7) is 8.78. The Morgan fingerprint density at radius 3 is 2.41 bits per heavy atom. The molecule has 0 heterocycles. The molecule has 2 aromatic rings. The lowest BCUT2D eigenvalue weighted by Crippen LogP contribution is -2.28. The fraction of sp³-hybridized carbons (Fsp3) is 0.409. The molecule has 0 aromatic heterocycles.